The molecule has 0 bridgehead atoms. The molecular formula is C18H23NO2. The van der Waals surface area contributed by atoms with Crippen LogP contribution in [0.4, 0.5) is 5.69 Å². The minimum absolute atomic E-state index is 0.692. The molecule has 0 atom stereocenters. The van der Waals surface area contributed by atoms with Gasteiger partial charge in [0.2, 0.25) is 0 Å². The van der Waals surface area contributed by atoms with Crippen LogP contribution in [0.1, 0.15) is 24.5 Å². The molecule has 0 unspecified atom stereocenters. The summed E-state index contributed by atoms with van der Waals surface area (Å²) in [6.45, 7) is 5.58. The Morgan fingerprint density at radius 1 is 1.05 bits per heavy atom. The van der Waals surface area contributed by atoms with Crippen LogP contribution in [-0.4, -0.2) is 13.7 Å². The summed E-state index contributed by atoms with van der Waals surface area (Å²) < 4.78 is 11.2. The van der Waals surface area contributed by atoms with Gasteiger partial charge in [0, 0.05) is 17.8 Å². The molecule has 2 aromatic carbocycles. The third-order valence-electron chi connectivity index (χ3n) is 3.27. The molecule has 0 aliphatic rings. The Morgan fingerprint density at radius 3 is 2.48 bits per heavy atom. The summed E-state index contributed by atoms with van der Waals surface area (Å²) in [6, 6.07) is 14.4. The van der Waals surface area contributed by atoms with E-state index in [4.69, 9.17) is 9.47 Å². The van der Waals surface area contributed by atoms with Gasteiger partial charge in [-0.05, 0) is 31.5 Å². The Bertz CT molecular complexity index is 564. The van der Waals surface area contributed by atoms with E-state index in [2.05, 4.69) is 49.5 Å². The zero-order valence-corrected chi connectivity index (χ0v) is 13.0. The first-order valence-corrected chi connectivity index (χ1v) is 7.33. The molecule has 0 fully saturated rings. The highest BCUT2D eigenvalue weighted by atomic mass is 16.5. The van der Waals surface area contributed by atoms with E-state index >= 15 is 0 Å². The van der Waals surface area contributed by atoms with E-state index in [1.54, 1.807) is 7.11 Å². The van der Waals surface area contributed by atoms with Crippen LogP contribution in [0.3, 0.4) is 0 Å². The second-order valence-electron chi connectivity index (χ2n) is 5.02. The van der Waals surface area contributed by atoms with Crippen LogP contribution < -0.4 is 14.8 Å². The van der Waals surface area contributed by atoms with E-state index < -0.39 is 0 Å². The normalized spacial score (nSPS) is 10.2. The van der Waals surface area contributed by atoms with Gasteiger partial charge in [0.1, 0.15) is 0 Å². The number of aryl methyl sites for hydroxylation is 1. The van der Waals surface area contributed by atoms with E-state index in [0.717, 1.165) is 29.2 Å². The van der Waals surface area contributed by atoms with Crippen molar-refractivity contribution in [3.63, 3.8) is 0 Å². The molecular weight excluding hydrogens is 262 g/mol. The van der Waals surface area contributed by atoms with Gasteiger partial charge in [0.05, 0.1) is 13.7 Å². The Hall–Kier alpha value is -2.16. The van der Waals surface area contributed by atoms with Crippen molar-refractivity contribution in [3.05, 3.63) is 53.6 Å². The third-order valence-corrected chi connectivity index (χ3v) is 3.27. The zero-order valence-electron chi connectivity index (χ0n) is 13.0. The third kappa shape index (κ3) is 4.15. The molecule has 3 nitrogen and oxygen atoms in total. The summed E-state index contributed by atoms with van der Waals surface area (Å²) in [5.74, 6) is 1.62. The lowest BCUT2D eigenvalue weighted by molar-refractivity contribution is 0.291. The molecule has 0 aliphatic carbocycles. The molecule has 0 spiro atoms. The first-order chi connectivity index (χ1) is 10.2. The van der Waals surface area contributed by atoms with E-state index in [-0.39, 0.29) is 0 Å². The molecule has 0 aliphatic heterocycles. The Kier molecular flexibility index (Phi) is 5.50. The smallest absolute Gasteiger partial charge is 0.166 e. The summed E-state index contributed by atoms with van der Waals surface area (Å²) in [6.07, 6.45) is 0.975. The lowest BCUT2D eigenvalue weighted by Gasteiger charge is -2.15. The standard InChI is InChI=1S/C18H23NO2/c1-4-12-21-18-15(6-5-7-17(18)20-3)13-19-16-10-8-14(2)9-11-16/h5-11,19H,4,12-13H2,1-3H3. The van der Waals surface area contributed by atoms with Crippen LogP contribution in [-0.2, 0) is 6.54 Å². The van der Waals surface area contributed by atoms with Gasteiger partial charge in [-0.15, -0.1) is 0 Å². The molecule has 112 valence electrons. The largest absolute Gasteiger partial charge is 0.493 e. The lowest BCUT2D eigenvalue weighted by Crippen LogP contribution is -2.05. The van der Waals surface area contributed by atoms with Crippen LogP contribution in [0.25, 0.3) is 0 Å². The Balaban J connectivity index is 2.12. The molecule has 0 heterocycles. The van der Waals surface area contributed by atoms with Crippen LogP contribution in [0.15, 0.2) is 42.5 Å². The molecule has 2 rings (SSSR count). The van der Waals surface area contributed by atoms with E-state index in [1.165, 1.54) is 5.56 Å². The topological polar surface area (TPSA) is 30.5 Å². The highest BCUT2D eigenvalue weighted by Gasteiger charge is 2.10. The minimum atomic E-state index is 0.692. The molecule has 0 aromatic heterocycles. The summed E-state index contributed by atoms with van der Waals surface area (Å²) in [5.41, 5.74) is 3.46. The van der Waals surface area contributed by atoms with E-state index in [9.17, 15) is 0 Å². The number of nitrogens with one attached hydrogen (secondary N) is 1. The maximum atomic E-state index is 5.85. The van der Waals surface area contributed by atoms with Crippen LogP contribution in [0.5, 0.6) is 11.5 Å². The van der Waals surface area contributed by atoms with Gasteiger partial charge in [0.15, 0.2) is 11.5 Å². The van der Waals surface area contributed by atoms with Gasteiger partial charge in [-0.1, -0.05) is 36.8 Å². The van der Waals surface area contributed by atoms with Crippen LogP contribution in [0, 0.1) is 6.92 Å². The Labute approximate surface area is 126 Å². The molecule has 0 saturated carbocycles. The second-order valence-corrected chi connectivity index (χ2v) is 5.02. The van der Waals surface area contributed by atoms with Crippen molar-refractivity contribution in [2.24, 2.45) is 0 Å². The number of anilines is 1. The van der Waals surface area contributed by atoms with Crippen molar-refractivity contribution in [1.29, 1.82) is 0 Å². The summed E-state index contributed by atoms with van der Waals surface area (Å²) >= 11 is 0. The van der Waals surface area contributed by atoms with Crippen LogP contribution in [0.2, 0.25) is 0 Å². The van der Waals surface area contributed by atoms with Gasteiger partial charge in [-0.2, -0.15) is 0 Å². The number of para-hydroxylation sites is 1. The number of rotatable bonds is 7. The molecule has 3 heteroatoms. The fourth-order valence-corrected chi connectivity index (χ4v) is 2.10. The number of methoxy groups -OCH3 is 1. The van der Waals surface area contributed by atoms with Crippen molar-refractivity contribution in [2.45, 2.75) is 26.8 Å². The highest BCUT2D eigenvalue weighted by molar-refractivity contribution is 5.50. The predicted octanol–water partition coefficient (Wildman–Crippen LogP) is 4.40. The number of hydrogen-bond acceptors (Lipinski definition) is 3. The molecule has 21 heavy (non-hydrogen) atoms. The molecule has 0 amide bonds. The van der Waals surface area contributed by atoms with Crippen molar-refractivity contribution >= 4 is 5.69 Å². The average Bonchev–Trinajstić information content (AvgIpc) is 2.52. The van der Waals surface area contributed by atoms with Gasteiger partial charge in [-0.3, -0.25) is 0 Å². The average molecular weight is 285 g/mol. The number of benzene rings is 2. The SMILES string of the molecule is CCCOc1c(CNc2ccc(C)cc2)cccc1OC. The van der Waals surface area contributed by atoms with Crippen molar-refractivity contribution < 1.29 is 9.47 Å². The molecule has 0 saturated heterocycles. The van der Waals surface area contributed by atoms with Crippen molar-refractivity contribution in [1.82, 2.24) is 0 Å². The van der Waals surface area contributed by atoms with Gasteiger partial charge < -0.3 is 14.8 Å². The van der Waals surface area contributed by atoms with Gasteiger partial charge >= 0.3 is 0 Å². The first kappa shape index (κ1) is 15.2. The minimum Gasteiger partial charge on any atom is -0.493 e. The maximum absolute atomic E-state index is 5.85. The van der Waals surface area contributed by atoms with Crippen molar-refractivity contribution in [3.8, 4) is 11.5 Å². The monoisotopic (exact) mass is 285 g/mol. The molecule has 2 aromatic rings. The first-order valence-electron chi connectivity index (χ1n) is 7.33. The summed E-state index contributed by atoms with van der Waals surface area (Å²) in [5, 5.41) is 3.42. The fraction of sp³-hybridized carbons (Fsp3) is 0.333. The molecule has 0 radical (unpaired) electrons. The van der Waals surface area contributed by atoms with Crippen molar-refractivity contribution in [2.75, 3.05) is 19.0 Å². The number of ether oxygens (including phenoxy) is 2. The van der Waals surface area contributed by atoms with E-state index in [1.807, 2.05) is 12.1 Å². The quantitative estimate of drug-likeness (QED) is 0.817. The fourth-order valence-electron chi connectivity index (χ4n) is 2.10. The number of hydrogen-bond donors (Lipinski definition) is 1. The molecule has 1 N–H and O–H groups in total. The second kappa shape index (κ2) is 7.58. The van der Waals surface area contributed by atoms with Gasteiger partial charge in [0.25, 0.3) is 0 Å². The van der Waals surface area contributed by atoms with Gasteiger partial charge in [-0.25, -0.2) is 0 Å². The van der Waals surface area contributed by atoms with E-state index in [0.29, 0.717) is 13.2 Å². The lowest BCUT2D eigenvalue weighted by atomic mass is 10.1. The Morgan fingerprint density at radius 2 is 1.81 bits per heavy atom. The maximum Gasteiger partial charge on any atom is 0.166 e. The zero-order chi connectivity index (χ0) is 15.1. The predicted molar refractivity (Wildman–Crippen MR) is 87.3 cm³/mol. The van der Waals surface area contributed by atoms with Crippen LogP contribution >= 0.6 is 0 Å². The highest BCUT2D eigenvalue weighted by Crippen LogP contribution is 2.31. The summed E-state index contributed by atoms with van der Waals surface area (Å²) in [7, 11) is 1.67. The summed E-state index contributed by atoms with van der Waals surface area (Å²) in [4.78, 5) is 0.